The molecule has 19 heavy (non-hydrogen) atoms. The molecule has 1 N–H and O–H groups in total. The molecule has 2 unspecified atom stereocenters. The minimum Gasteiger partial charge on any atom is -0.481 e. The van der Waals surface area contributed by atoms with Crippen molar-refractivity contribution in [3.8, 4) is 0 Å². The van der Waals surface area contributed by atoms with Crippen LogP contribution in [0, 0.1) is 0 Å². The van der Waals surface area contributed by atoms with Crippen molar-refractivity contribution in [1.29, 1.82) is 0 Å². The molecule has 2 aliphatic rings. The van der Waals surface area contributed by atoms with E-state index in [9.17, 15) is 9.59 Å². The van der Waals surface area contributed by atoms with Crippen LogP contribution in [0.25, 0.3) is 0 Å². The second-order valence-electron chi connectivity index (χ2n) is 5.34. The molecular weight excluding hydrogens is 248 g/mol. The zero-order valence-electron chi connectivity index (χ0n) is 11.4. The summed E-state index contributed by atoms with van der Waals surface area (Å²) in [4.78, 5) is 27.0. The molecule has 2 aliphatic heterocycles. The maximum Gasteiger partial charge on any atom is 0.320 e. The number of likely N-dealkylation sites (tertiary alicyclic amines) is 1. The van der Waals surface area contributed by atoms with E-state index in [2.05, 4.69) is 6.92 Å². The molecule has 0 bridgehead atoms. The van der Waals surface area contributed by atoms with Crippen LogP contribution in [0.4, 0.5) is 4.79 Å². The molecule has 108 valence electrons. The quantitative estimate of drug-likeness (QED) is 0.817. The number of amides is 2. The maximum atomic E-state index is 12.6. The smallest absolute Gasteiger partial charge is 0.320 e. The zero-order chi connectivity index (χ0) is 13.8. The number of carbonyl (C=O) groups is 2. The zero-order valence-corrected chi connectivity index (χ0v) is 11.4. The molecule has 0 radical (unpaired) electrons. The first kappa shape index (κ1) is 14.1. The lowest BCUT2D eigenvalue weighted by atomic mass is 10.0. The maximum absolute atomic E-state index is 12.6. The number of aliphatic carboxylic acids is 1. The number of carboxylic acids is 1. The van der Waals surface area contributed by atoms with Gasteiger partial charge in [-0.2, -0.15) is 0 Å². The minimum absolute atomic E-state index is 0.0262. The summed E-state index contributed by atoms with van der Waals surface area (Å²) in [6.07, 6.45) is 3.17. The van der Waals surface area contributed by atoms with Crippen molar-refractivity contribution in [1.82, 2.24) is 9.80 Å². The Morgan fingerprint density at radius 3 is 2.74 bits per heavy atom. The molecule has 2 rings (SSSR count). The standard InChI is InChI=1S/C13H22N2O4/c1-10-4-2-3-5-14(10)13(18)15-6-7-19-9-11(15)8-12(16)17/h10-11H,2-9H2,1H3,(H,16,17). The van der Waals surface area contributed by atoms with Gasteiger partial charge in [0.15, 0.2) is 0 Å². The summed E-state index contributed by atoms with van der Waals surface area (Å²) in [5, 5.41) is 8.92. The number of nitrogens with zero attached hydrogens (tertiary/aromatic N) is 2. The number of hydrogen-bond acceptors (Lipinski definition) is 3. The van der Waals surface area contributed by atoms with Crippen LogP contribution in [-0.4, -0.2) is 65.3 Å². The van der Waals surface area contributed by atoms with Gasteiger partial charge in [-0.1, -0.05) is 0 Å². The summed E-state index contributed by atoms with van der Waals surface area (Å²) in [5.41, 5.74) is 0. The number of ether oxygens (including phenoxy) is 1. The second kappa shape index (κ2) is 6.23. The Bertz CT molecular complexity index is 348. The van der Waals surface area contributed by atoms with Crippen molar-refractivity contribution in [3.05, 3.63) is 0 Å². The van der Waals surface area contributed by atoms with Gasteiger partial charge in [0.05, 0.1) is 25.7 Å². The Balaban J connectivity index is 2.03. The summed E-state index contributed by atoms with van der Waals surface area (Å²) in [6, 6.07) is -0.121. The summed E-state index contributed by atoms with van der Waals surface area (Å²) in [5.74, 6) is -0.889. The Morgan fingerprint density at radius 1 is 1.26 bits per heavy atom. The van der Waals surface area contributed by atoms with E-state index in [-0.39, 0.29) is 24.5 Å². The van der Waals surface area contributed by atoms with E-state index in [1.165, 1.54) is 0 Å². The van der Waals surface area contributed by atoms with Crippen molar-refractivity contribution < 1.29 is 19.4 Å². The van der Waals surface area contributed by atoms with Crippen LogP contribution < -0.4 is 0 Å². The van der Waals surface area contributed by atoms with Gasteiger partial charge in [-0.15, -0.1) is 0 Å². The summed E-state index contributed by atoms with van der Waals surface area (Å²) in [6.45, 7) is 4.13. The largest absolute Gasteiger partial charge is 0.481 e. The van der Waals surface area contributed by atoms with Crippen molar-refractivity contribution in [2.45, 2.75) is 44.7 Å². The van der Waals surface area contributed by atoms with E-state index in [4.69, 9.17) is 9.84 Å². The van der Waals surface area contributed by atoms with Gasteiger partial charge in [-0.05, 0) is 26.2 Å². The lowest BCUT2D eigenvalue weighted by molar-refractivity contribution is -0.139. The number of carbonyl (C=O) groups excluding carboxylic acids is 1. The average Bonchev–Trinajstić information content (AvgIpc) is 2.38. The predicted octanol–water partition coefficient (Wildman–Crippen LogP) is 1.16. The van der Waals surface area contributed by atoms with Gasteiger partial charge in [0.25, 0.3) is 0 Å². The van der Waals surface area contributed by atoms with Gasteiger partial charge in [-0.3, -0.25) is 4.79 Å². The fourth-order valence-corrected chi connectivity index (χ4v) is 2.82. The first-order valence-electron chi connectivity index (χ1n) is 6.96. The van der Waals surface area contributed by atoms with Gasteiger partial charge in [0.2, 0.25) is 0 Å². The minimum atomic E-state index is -0.889. The summed E-state index contributed by atoms with van der Waals surface area (Å²) < 4.78 is 5.30. The van der Waals surface area contributed by atoms with Gasteiger partial charge < -0.3 is 19.6 Å². The Morgan fingerprint density at radius 2 is 2.05 bits per heavy atom. The Labute approximate surface area is 113 Å². The predicted molar refractivity (Wildman–Crippen MR) is 69.0 cm³/mol. The highest BCUT2D eigenvalue weighted by Crippen LogP contribution is 2.21. The van der Waals surface area contributed by atoms with E-state index < -0.39 is 5.97 Å². The highest BCUT2D eigenvalue weighted by atomic mass is 16.5. The number of morpholine rings is 1. The molecule has 2 heterocycles. The Hall–Kier alpha value is -1.30. The molecule has 2 amide bonds. The normalized spacial score (nSPS) is 28.3. The molecule has 0 aliphatic carbocycles. The number of carboxylic acid groups (broad SMARTS) is 1. The fourth-order valence-electron chi connectivity index (χ4n) is 2.82. The van der Waals surface area contributed by atoms with Crippen LogP contribution in [0.5, 0.6) is 0 Å². The average molecular weight is 270 g/mol. The topological polar surface area (TPSA) is 70.1 Å². The number of rotatable bonds is 2. The molecule has 2 saturated heterocycles. The van der Waals surface area contributed by atoms with E-state index in [0.717, 1.165) is 25.8 Å². The van der Waals surface area contributed by atoms with Crippen LogP contribution >= 0.6 is 0 Å². The molecule has 0 aromatic heterocycles. The fraction of sp³-hybridized carbons (Fsp3) is 0.846. The summed E-state index contributed by atoms with van der Waals surface area (Å²) in [7, 11) is 0. The number of piperidine rings is 1. The Kier molecular flexibility index (Phi) is 4.63. The highest BCUT2D eigenvalue weighted by molar-refractivity contribution is 5.76. The van der Waals surface area contributed by atoms with E-state index >= 15 is 0 Å². The first-order chi connectivity index (χ1) is 9.09. The van der Waals surface area contributed by atoms with E-state index in [1.54, 1.807) is 4.90 Å². The summed E-state index contributed by atoms with van der Waals surface area (Å²) >= 11 is 0. The number of hydrogen-bond donors (Lipinski definition) is 1. The van der Waals surface area contributed by atoms with Crippen LogP contribution in [-0.2, 0) is 9.53 Å². The molecule has 0 spiro atoms. The van der Waals surface area contributed by atoms with Gasteiger partial charge in [0.1, 0.15) is 0 Å². The molecule has 6 heteroatoms. The van der Waals surface area contributed by atoms with Crippen molar-refractivity contribution in [3.63, 3.8) is 0 Å². The SMILES string of the molecule is CC1CCCCN1C(=O)N1CCOCC1CC(=O)O. The van der Waals surface area contributed by atoms with Gasteiger partial charge in [-0.25, -0.2) is 4.79 Å². The van der Waals surface area contributed by atoms with Crippen molar-refractivity contribution in [2.24, 2.45) is 0 Å². The monoisotopic (exact) mass is 270 g/mol. The first-order valence-corrected chi connectivity index (χ1v) is 6.96. The number of urea groups is 1. The van der Waals surface area contributed by atoms with Crippen molar-refractivity contribution in [2.75, 3.05) is 26.3 Å². The van der Waals surface area contributed by atoms with Gasteiger partial charge in [0, 0.05) is 19.1 Å². The van der Waals surface area contributed by atoms with Gasteiger partial charge >= 0.3 is 12.0 Å². The molecule has 0 aromatic carbocycles. The molecule has 0 aromatic rings. The highest BCUT2D eigenvalue weighted by Gasteiger charge is 2.34. The third-order valence-corrected chi connectivity index (χ3v) is 3.93. The molecule has 2 fully saturated rings. The van der Waals surface area contributed by atoms with Crippen LogP contribution in [0.2, 0.25) is 0 Å². The second-order valence-corrected chi connectivity index (χ2v) is 5.34. The molecule has 6 nitrogen and oxygen atoms in total. The lowest BCUT2D eigenvalue weighted by Crippen LogP contribution is -2.56. The third-order valence-electron chi connectivity index (χ3n) is 3.93. The third kappa shape index (κ3) is 3.37. The molecule has 2 atom stereocenters. The van der Waals surface area contributed by atoms with Crippen LogP contribution in [0.15, 0.2) is 0 Å². The molecular formula is C13H22N2O4. The van der Waals surface area contributed by atoms with E-state index in [1.807, 2.05) is 4.90 Å². The van der Waals surface area contributed by atoms with Crippen molar-refractivity contribution >= 4 is 12.0 Å². The van der Waals surface area contributed by atoms with Crippen LogP contribution in [0.3, 0.4) is 0 Å². The molecule has 0 saturated carbocycles. The van der Waals surface area contributed by atoms with Crippen LogP contribution in [0.1, 0.15) is 32.6 Å². The lowest BCUT2D eigenvalue weighted by Gasteiger charge is -2.41. The van der Waals surface area contributed by atoms with E-state index in [0.29, 0.717) is 19.8 Å².